The summed E-state index contributed by atoms with van der Waals surface area (Å²) >= 11 is 1.16. The number of H-pyrrole nitrogens is 1. The number of anilines is 1. The number of benzene rings is 1. The third-order valence-corrected chi connectivity index (χ3v) is 3.03. The maximum Gasteiger partial charge on any atom is 0.335 e. The molecule has 0 aliphatic heterocycles. The summed E-state index contributed by atoms with van der Waals surface area (Å²) in [6.45, 7) is 0. The molecule has 0 spiro atoms. The van der Waals surface area contributed by atoms with Crippen LogP contribution >= 0.6 is 11.8 Å². The lowest BCUT2D eigenvalue weighted by atomic mass is 10.1. The zero-order valence-corrected chi connectivity index (χ0v) is 9.87. The average Bonchev–Trinajstić information content (AvgIpc) is 2.74. The summed E-state index contributed by atoms with van der Waals surface area (Å²) in [6, 6.07) is 3.64. The van der Waals surface area contributed by atoms with Crippen molar-refractivity contribution < 1.29 is 14.3 Å². The summed E-state index contributed by atoms with van der Waals surface area (Å²) < 4.78 is 13.5. The Labute approximate surface area is 105 Å². The summed E-state index contributed by atoms with van der Waals surface area (Å²) in [4.78, 5) is 14.6. The van der Waals surface area contributed by atoms with Crippen LogP contribution in [0.2, 0.25) is 0 Å². The molecular formula is C10H9FN4O2S. The number of hydrogen-bond acceptors (Lipinski definition) is 5. The first-order valence-electron chi connectivity index (χ1n) is 4.88. The molecule has 0 aliphatic carbocycles. The Balaban J connectivity index is 2.13. The quantitative estimate of drug-likeness (QED) is 0.726. The minimum Gasteiger partial charge on any atom is -0.478 e. The van der Waals surface area contributed by atoms with Gasteiger partial charge in [-0.25, -0.2) is 14.3 Å². The Morgan fingerprint density at radius 3 is 2.94 bits per heavy atom. The average molecular weight is 268 g/mol. The molecule has 1 heterocycles. The van der Waals surface area contributed by atoms with Crippen molar-refractivity contribution in [1.29, 1.82) is 0 Å². The van der Waals surface area contributed by atoms with Crippen LogP contribution in [-0.2, 0) is 5.75 Å². The van der Waals surface area contributed by atoms with Crippen LogP contribution in [-0.4, -0.2) is 26.3 Å². The van der Waals surface area contributed by atoms with E-state index in [9.17, 15) is 9.18 Å². The van der Waals surface area contributed by atoms with Gasteiger partial charge in [-0.15, -0.1) is 5.10 Å². The van der Waals surface area contributed by atoms with Crippen molar-refractivity contribution in [3.8, 4) is 0 Å². The lowest BCUT2D eigenvalue weighted by Gasteiger charge is -2.02. The lowest BCUT2D eigenvalue weighted by Crippen LogP contribution is -1.99. The topological polar surface area (TPSA) is 105 Å². The van der Waals surface area contributed by atoms with Crippen LogP contribution in [0.5, 0.6) is 0 Å². The molecule has 18 heavy (non-hydrogen) atoms. The molecule has 2 aromatic rings. The van der Waals surface area contributed by atoms with Gasteiger partial charge in [-0.1, -0.05) is 11.8 Å². The molecule has 94 valence electrons. The van der Waals surface area contributed by atoms with E-state index in [0.29, 0.717) is 5.16 Å². The minimum absolute atomic E-state index is 0.0431. The van der Waals surface area contributed by atoms with Crippen LogP contribution < -0.4 is 5.73 Å². The molecule has 0 radical (unpaired) electrons. The summed E-state index contributed by atoms with van der Waals surface area (Å²) in [5.41, 5.74) is 5.67. The second-order valence-corrected chi connectivity index (χ2v) is 4.35. The van der Waals surface area contributed by atoms with Crippen molar-refractivity contribution in [2.75, 3.05) is 5.73 Å². The van der Waals surface area contributed by atoms with Gasteiger partial charge < -0.3 is 10.8 Å². The normalized spacial score (nSPS) is 10.5. The highest BCUT2D eigenvalue weighted by Gasteiger charge is 2.10. The fraction of sp³-hybridized carbons (Fsp3) is 0.100. The molecule has 8 heteroatoms. The predicted molar refractivity (Wildman–Crippen MR) is 63.7 cm³/mol. The Morgan fingerprint density at radius 2 is 2.33 bits per heavy atom. The number of hydrogen-bond donors (Lipinski definition) is 3. The van der Waals surface area contributed by atoms with Gasteiger partial charge in [0.15, 0.2) is 0 Å². The molecule has 1 aromatic heterocycles. The smallest absolute Gasteiger partial charge is 0.335 e. The van der Waals surface area contributed by atoms with E-state index in [1.54, 1.807) is 0 Å². The fourth-order valence-corrected chi connectivity index (χ4v) is 2.06. The molecule has 0 fully saturated rings. The van der Waals surface area contributed by atoms with Crippen LogP contribution in [0.3, 0.4) is 0 Å². The predicted octanol–water partition coefficient (Wildman–Crippen LogP) is 1.52. The number of nitrogen functional groups attached to an aromatic ring is 1. The second kappa shape index (κ2) is 5.05. The van der Waals surface area contributed by atoms with E-state index in [1.807, 2.05) is 0 Å². The highest BCUT2D eigenvalue weighted by molar-refractivity contribution is 7.98. The van der Waals surface area contributed by atoms with Gasteiger partial charge in [-0.2, -0.15) is 4.98 Å². The number of nitrogens with two attached hydrogens (primary N) is 1. The van der Waals surface area contributed by atoms with Gasteiger partial charge in [-0.3, -0.25) is 0 Å². The van der Waals surface area contributed by atoms with E-state index >= 15 is 0 Å². The Morgan fingerprint density at radius 1 is 1.56 bits per heavy atom. The zero-order chi connectivity index (χ0) is 13.1. The highest BCUT2D eigenvalue weighted by Crippen LogP contribution is 2.22. The van der Waals surface area contributed by atoms with Crippen molar-refractivity contribution in [3.05, 3.63) is 35.1 Å². The van der Waals surface area contributed by atoms with Gasteiger partial charge in [0.1, 0.15) is 5.82 Å². The maximum absolute atomic E-state index is 13.5. The van der Waals surface area contributed by atoms with Gasteiger partial charge in [-0.05, 0) is 23.8 Å². The summed E-state index contributed by atoms with van der Waals surface area (Å²) in [5, 5.41) is 15.4. The van der Waals surface area contributed by atoms with Crippen molar-refractivity contribution in [3.63, 3.8) is 0 Å². The number of aromatic amines is 1. The van der Waals surface area contributed by atoms with Crippen molar-refractivity contribution in [1.82, 2.24) is 15.2 Å². The Hall–Kier alpha value is -2.09. The number of carboxylic acids is 1. The fourth-order valence-electron chi connectivity index (χ4n) is 1.28. The number of rotatable bonds is 4. The summed E-state index contributed by atoms with van der Waals surface area (Å²) in [6.07, 6.45) is 0. The number of aromatic carboxylic acids is 1. The van der Waals surface area contributed by atoms with Crippen LogP contribution in [0.1, 0.15) is 15.9 Å². The maximum atomic E-state index is 13.5. The van der Waals surface area contributed by atoms with E-state index in [1.165, 1.54) is 12.1 Å². The van der Waals surface area contributed by atoms with Crippen LogP contribution in [0, 0.1) is 5.82 Å². The highest BCUT2D eigenvalue weighted by atomic mass is 32.2. The summed E-state index contributed by atoms with van der Waals surface area (Å²) in [5.74, 6) is -1.15. The Bertz CT molecular complexity index is 587. The number of carbonyl (C=O) groups is 1. The van der Waals surface area contributed by atoms with Crippen LogP contribution in [0.4, 0.5) is 10.3 Å². The largest absolute Gasteiger partial charge is 0.478 e. The van der Waals surface area contributed by atoms with Gasteiger partial charge in [0.05, 0.1) is 5.56 Å². The third kappa shape index (κ3) is 2.77. The molecule has 0 unspecified atom stereocenters. The van der Waals surface area contributed by atoms with E-state index in [0.717, 1.165) is 17.8 Å². The molecule has 0 aliphatic rings. The molecule has 4 N–H and O–H groups in total. The molecular weight excluding hydrogens is 259 g/mol. The third-order valence-electron chi connectivity index (χ3n) is 2.13. The first-order valence-corrected chi connectivity index (χ1v) is 5.87. The zero-order valence-electron chi connectivity index (χ0n) is 9.05. The van der Waals surface area contributed by atoms with Crippen molar-refractivity contribution in [2.24, 2.45) is 0 Å². The van der Waals surface area contributed by atoms with Gasteiger partial charge >= 0.3 is 5.97 Å². The molecule has 0 saturated heterocycles. The molecule has 0 saturated carbocycles. The monoisotopic (exact) mass is 268 g/mol. The van der Waals surface area contributed by atoms with Crippen LogP contribution in [0.15, 0.2) is 23.4 Å². The van der Waals surface area contributed by atoms with Gasteiger partial charge in [0, 0.05) is 5.75 Å². The van der Waals surface area contributed by atoms with E-state index < -0.39 is 11.8 Å². The number of carboxylic acid groups (broad SMARTS) is 1. The molecule has 6 nitrogen and oxygen atoms in total. The minimum atomic E-state index is -1.09. The molecule has 0 amide bonds. The van der Waals surface area contributed by atoms with E-state index in [-0.39, 0.29) is 22.8 Å². The van der Waals surface area contributed by atoms with E-state index in [2.05, 4.69) is 15.2 Å². The first-order chi connectivity index (χ1) is 8.56. The summed E-state index contributed by atoms with van der Waals surface area (Å²) in [7, 11) is 0. The standard InChI is InChI=1S/C10H9FN4O2S/c11-7-2-1-5(8(16)17)3-6(7)4-18-10-13-9(12)14-15-10/h1-3H,4H2,(H,16,17)(H3,12,13,14,15). The van der Waals surface area contributed by atoms with Crippen molar-refractivity contribution in [2.45, 2.75) is 10.9 Å². The van der Waals surface area contributed by atoms with Gasteiger partial charge in [0.25, 0.3) is 0 Å². The molecule has 2 rings (SSSR count). The number of nitrogens with one attached hydrogen (secondary N) is 1. The number of aromatic nitrogens is 3. The SMILES string of the molecule is Nc1nc(SCc2cc(C(=O)O)ccc2F)n[nH]1. The van der Waals surface area contributed by atoms with Gasteiger partial charge in [0.2, 0.25) is 11.1 Å². The lowest BCUT2D eigenvalue weighted by molar-refractivity contribution is 0.0696. The molecule has 0 bridgehead atoms. The first kappa shape index (κ1) is 12.4. The van der Waals surface area contributed by atoms with Crippen LogP contribution in [0.25, 0.3) is 0 Å². The molecule has 0 atom stereocenters. The number of thioether (sulfide) groups is 1. The molecule has 1 aromatic carbocycles. The van der Waals surface area contributed by atoms with E-state index in [4.69, 9.17) is 10.8 Å². The number of halogens is 1. The van der Waals surface area contributed by atoms with Crippen molar-refractivity contribution >= 4 is 23.7 Å². The Kier molecular flexibility index (Phi) is 3.47. The second-order valence-electron chi connectivity index (χ2n) is 3.40. The number of nitrogens with zero attached hydrogens (tertiary/aromatic N) is 2.